The van der Waals surface area contributed by atoms with Crippen molar-refractivity contribution in [2.75, 3.05) is 10.6 Å². The van der Waals surface area contributed by atoms with Crippen molar-refractivity contribution < 1.29 is 9.59 Å². The van der Waals surface area contributed by atoms with Crippen LogP contribution in [0.5, 0.6) is 0 Å². The number of anilines is 2. The third kappa shape index (κ3) is 7.29. The van der Waals surface area contributed by atoms with Gasteiger partial charge in [-0.3, -0.25) is 9.59 Å². The first kappa shape index (κ1) is 25.6. The average Bonchev–Trinajstić information content (AvgIpc) is 2.62. The number of carbonyl (C=O) groups is 2. The molecule has 2 N–H and O–H groups in total. The number of benzene rings is 2. The maximum Gasteiger partial charge on any atom is 0.253 e. The summed E-state index contributed by atoms with van der Waals surface area (Å²) in [5, 5.41) is 13.9. The van der Waals surface area contributed by atoms with Crippen LogP contribution in [0.15, 0.2) is 70.9 Å². The summed E-state index contributed by atoms with van der Waals surface area (Å²) < 4.78 is 0. The summed E-state index contributed by atoms with van der Waals surface area (Å²) in [5.41, 5.74) is -0.857. The van der Waals surface area contributed by atoms with E-state index in [-0.39, 0.29) is 36.6 Å². The Labute approximate surface area is 178 Å². The standard InChI is InChI=1S/C20H24N4O2.2ClH/c1-19(2,17(25)21-15-11-7-5-8-12-15)23-24-20(3,4)18(26)22-16-13-9-6-10-14-16;;/h5-14H,1-4H3,(H,21,25)(H,22,26);2*1H. The molecule has 2 aromatic rings. The molecule has 0 bridgehead atoms. The molecule has 0 spiro atoms. The van der Waals surface area contributed by atoms with Gasteiger partial charge in [0.05, 0.1) is 0 Å². The van der Waals surface area contributed by atoms with Crippen molar-refractivity contribution in [3.05, 3.63) is 60.7 Å². The van der Waals surface area contributed by atoms with Crippen LogP contribution >= 0.6 is 24.8 Å². The van der Waals surface area contributed by atoms with E-state index in [4.69, 9.17) is 0 Å². The van der Waals surface area contributed by atoms with Gasteiger partial charge in [-0.2, -0.15) is 10.2 Å². The van der Waals surface area contributed by atoms with Gasteiger partial charge in [-0.25, -0.2) is 0 Å². The zero-order valence-electron chi connectivity index (χ0n) is 16.3. The van der Waals surface area contributed by atoms with Crippen LogP contribution in [0.25, 0.3) is 0 Å². The summed E-state index contributed by atoms with van der Waals surface area (Å²) in [4.78, 5) is 24.9. The third-order valence-electron chi connectivity index (χ3n) is 3.72. The molecule has 0 fully saturated rings. The summed E-state index contributed by atoms with van der Waals surface area (Å²) in [5.74, 6) is -0.599. The van der Waals surface area contributed by atoms with Gasteiger partial charge in [0.2, 0.25) is 0 Å². The molecule has 0 aromatic heterocycles. The van der Waals surface area contributed by atoms with E-state index in [9.17, 15) is 9.59 Å². The Morgan fingerprint density at radius 3 is 1.21 bits per heavy atom. The van der Waals surface area contributed by atoms with Crippen LogP contribution < -0.4 is 10.6 Å². The fourth-order valence-electron chi connectivity index (χ4n) is 1.95. The van der Waals surface area contributed by atoms with Crippen LogP contribution in [0.3, 0.4) is 0 Å². The van der Waals surface area contributed by atoms with E-state index in [0.717, 1.165) is 0 Å². The van der Waals surface area contributed by atoms with Crippen molar-refractivity contribution >= 4 is 48.0 Å². The topological polar surface area (TPSA) is 82.9 Å². The van der Waals surface area contributed by atoms with Gasteiger partial charge in [0.25, 0.3) is 11.8 Å². The number of rotatable bonds is 6. The number of azo groups is 1. The average molecular weight is 425 g/mol. The quantitative estimate of drug-likeness (QED) is 0.630. The van der Waals surface area contributed by atoms with Crippen LogP contribution in [-0.4, -0.2) is 22.9 Å². The van der Waals surface area contributed by atoms with Gasteiger partial charge < -0.3 is 10.6 Å². The van der Waals surface area contributed by atoms with Crippen molar-refractivity contribution in [1.29, 1.82) is 0 Å². The minimum Gasteiger partial charge on any atom is -0.324 e. The van der Waals surface area contributed by atoms with Gasteiger partial charge in [0, 0.05) is 11.4 Å². The maximum atomic E-state index is 12.4. The molecule has 0 unspecified atom stereocenters. The second-order valence-electron chi connectivity index (χ2n) is 6.96. The molecular weight excluding hydrogens is 399 g/mol. The Hall–Kier alpha value is -2.44. The SMILES string of the molecule is CC(C)(N=NC(C)(C)C(=O)Nc1ccccc1)C(=O)Nc1ccccc1.Cl.Cl. The predicted molar refractivity (Wildman–Crippen MR) is 118 cm³/mol. The van der Waals surface area contributed by atoms with Crippen molar-refractivity contribution in [1.82, 2.24) is 0 Å². The summed E-state index contributed by atoms with van der Waals surface area (Å²) in [6.45, 7) is 6.61. The minimum absolute atomic E-state index is 0. The lowest BCUT2D eigenvalue weighted by atomic mass is 10.0. The lowest BCUT2D eigenvalue weighted by Gasteiger charge is -2.22. The minimum atomic E-state index is -1.11. The number of nitrogens with zero attached hydrogens (tertiary/aromatic N) is 2. The number of amides is 2. The zero-order valence-corrected chi connectivity index (χ0v) is 17.9. The summed E-state index contributed by atoms with van der Waals surface area (Å²) in [7, 11) is 0. The van der Waals surface area contributed by atoms with Gasteiger partial charge >= 0.3 is 0 Å². The van der Waals surface area contributed by atoms with Crippen LogP contribution in [0, 0.1) is 0 Å². The van der Waals surface area contributed by atoms with E-state index in [1.807, 2.05) is 36.4 Å². The van der Waals surface area contributed by atoms with Gasteiger partial charge in [-0.1, -0.05) is 36.4 Å². The monoisotopic (exact) mass is 424 g/mol. The van der Waals surface area contributed by atoms with E-state index in [1.165, 1.54) is 0 Å². The molecule has 0 aliphatic heterocycles. The molecule has 0 atom stereocenters. The number of nitrogens with one attached hydrogen (secondary N) is 2. The molecule has 2 amide bonds. The van der Waals surface area contributed by atoms with Crippen LogP contribution in [0.1, 0.15) is 27.7 Å². The Kier molecular flexibility index (Phi) is 9.84. The fraction of sp³-hybridized carbons (Fsp3) is 0.300. The second kappa shape index (κ2) is 10.8. The highest BCUT2D eigenvalue weighted by molar-refractivity contribution is 5.98. The van der Waals surface area contributed by atoms with Gasteiger partial charge in [0.15, 0.2) is 11.1 Å². The Balaban J connectivity index is 0.00000364. The highest BCUT2D eigenvalue weighted by Crippen LogP contribution is 2.20. The van der Waals surface area contributed by atoms with Gasteiger partial charge in [0.1, 0.15) is 0 Å². The third-order valence-corrected chi connectivity index (χ3v) is 3.72. The van der Waals surface area contributed by atoms with E-state index in [2.05, 4.69) is 20.9 Å². The highest BCUT2D eigenvalue weighted by atomic mass is 35.5. The van der Waals surface area contributed by atoms with Crippen LogP contribution in [-0.2, 0) is 9.59 Å². The molecule has 0 saturated carbocycles. The van der Waals surface area contributed by atoms with Gasteiger partial charge in [-0.05, 0) is 52.0 Å². The largest absolute Gasteiger partial charge is 0.324 e. The van der Waals surface area contributed by atoms with E-state index < -0.39 is 11.1 Å². The number of hydrogen-bond donors (Lipinski definition) is 2. The Morgan fingerprint density at radius 1 is 0.643 bits per heavy atom. The molecule has 152 valence electrons. The second-order valence-corrected chi connectivity index (χ2v) is 6.96. The molecule has 0 aliphatic carbocycles. The predicted octanol–water partition coefficient (Wildman–Crippen LogP) is 5.12. The summed E-state index contributed by atoms with van der Waals surface area (Å²) in [6, 6.07) is 18.3. The molecular formula is C20H26Cl2N4O2. The van der Waals surface area contributed by atoms with Gasteiger partial charge in [-0.15, -0.1) is 24.8 Å². The first-order valence-corrected chi connectivity index (χ1v) is 8.38. The Bertz CT molecular complexity index is 727. The van der Waals surface area contributed by atoms with E-state index in [0.29, 0.717) is 11.4 Å². The fourth-order valence-corrected chi connectivity index (χ4v) is 1.95. The number of hydrogen-bond acceptors (Lipinski definition) is 4. The molecule has 2 aromatic carbocycles. The Morgan fingerprint density at radius 2 is 0.929 bits per heavy atom. The van der Waals surface area contributed by atoms with E-state index in [1.54, 1.807) is 52.0 Å². The number of halogens is 2. The lowest BCUT2D eigenvalue weighted by Crippen LogP contribution is -2.38. The van der Waals surface area contributed by atoms with Crippen molar-refractivity contribution in [2.24, 2.45) is 10.2 Å². The molecule has 0 aliphatic rings. The van der Waals surface area contributed by atoms with Crippen molar-refractivity contribution in [2.45, 2.75) is 38.8 Å². The molecule has 0 heterocycles. The first-order chi connectivity index (χ1) is 12.2. The normalized spacial score (nSPS) is 11.1. The number of carbonyl (C=O) groups excluding carboxylic acids is 2. The summed E-state index contributed by atoms with van der Waals surface area (Å²) >= 11 is 0. The van der Waals surface area contributed by atoms with Crippen LogP contribution in [0.2, 0.25) is 0 Å². The molecule has 6 nitrogen and oxygen atoms in total. The first-order valence-electron chi connectivity index (χ1n) is 8.38. The lowest BCUT2D eigenvalue weighted by molar-refractivity contribution is -0.122. The molecule has 0 saturated heterocycles. The molecule has 2 rings (SSSR count). The maximum absolute atomic E-state index is 12.4. The van der Waals surface area contributed by atoms with Crippen LogP contribution in [0.4, 0.5) is 11.4 Å². The molecule has 28 heavy (non-hydrogen) atoms. The molecule has 8 heteroatoms. The van der Waals surface area contributed by atoms with Crippen molar-refractivity contribution in [3.63, 3.8) is 0 Å². The van der Waals surface area contributed by atoms with Crippen molar-refractivity contribution in [3.8, 4) is 0 Å². The smallest absolute Gasteiger partial charge is 0.253 e. The summed E-state index contributed by atoms with van der Waals surface area (Å²) in [6.07, 6.45) is 0. The zero-order chi connectivity index (χ0) is 19.2. The molecule has 0 radical (unpaired) electrons. The highest BCUT2D eigenvalue weighted by Gasteiger charge is 2.32. The van der Waals surface area contributed by atoms with E-state index >= 15 is 0 Å². The number of para-hydroxylation sites is 2.